The normalized spacial score (nSPS) is 13.5. The fourth-order valence-electron chi connectivity index (χ4n) is 3.86. The van der Waals surface area contributed by atoms with E-state index in [1.807, 2.05) is 0 Å². The van der Waals surface area contributed by atoms with Crippen LogP contribution in [0.15, 0.2) is 85.1 Å². The minimum atomic E-state index is -0.569. The van der Waals surface area contributed by atoms with E-state index in [1.54, 1.807) is 0 Å². The Morgan fingerprint density at radius 3 is 1.49 bits per heavy atom. The van der Waals surface area contributed by atoms with Crippen LogP contribution in [0.3, 0.4) is 0 Å². The van der Waals surface area contributed by atoms with E-state index in [4.69, 9.17) is 9.47 Å². The van der Waals surface area contributed by atoms with Crippen molar-refractivity contribution in [2.75, 3.05) is 19.8 Å². The standard InChI is InChI=1S/C37H60O4/c1-3-5-7-9-11-13-15-17-18-19-21-23-25-27-29-31-33-40-35-36(34-38)41-37(39)32-30-28-26-24-22-20-16-14-12-10-8-6-4-2/h5-8,11-14,17-18,20-23,36,38H,3-4,9-10,15-16,19,24-35H2,1-2H3/b7-5-,8-6-,13-11-,14-12-,18-17-,22-20-,23-21-. The summed E-state index contributed by atoms with van der Waals surface area (Å²) in [5, 5.41) is 9.51. The van der Waals surface area contributed by atoms with Crippen LogP contribution in [-0.2, 0) is 14.3 Å². The quantitative estimate of drug-likeness (QED) is 0.0579. The zero-order chi connectivity index (χ0) is 29.9. The first kappa shape index (κ1) is 38.6. The van der Waals surface area contributed by atoms with Crippen molar-refractivity contribution in [1.29, 1.82) is 0 Å². The molecule has 0 aliphatic rings. The maximum Gasteiger partial charge on any atom is 0.306 e. The third-order valence-electron chi connectivity index (χ3n) is 6.22. The molecule has 0 aliphatic carbocycles. The maximum atomic E-state index is 12.1. The summed E-state index contributed by atoms with van der Waals surface area (Å²) in [5.41, 5.74) is 0. The minimum absolute atomic E-state index is 0.203. The number of carbonyl (C=O) groups is 1. The number of allylic oxidation sites excluding steroid dienone is 14. The lowest BCUT2D eigenvalue weighted by Crippen LogP contribution is -2.27. The summed E-state index contributed by atoms with van der Waals surface area (Å²) in [4.78, 5) is 12.1. The molecule has 0 aromatic carbocycles. The first-order valence-corrected chi connectivity index (χ1v) is 16.2. The number of esters is 1. The number of aliphatic hydroxyl groups excluding tert-OH is 1. The molecule has 0 heterocycles. The van der Waals surface area contributed by atoms with Crippen molar-refractivity contribution < 1.29 is 19.4 Å². The molecule has 0 aromatic heterocycles. The Labute approximate surface area is 252 Å². The van der Waals surface area contributed by atoms with Crippen molar-refractivity contribution in [3.05, 3.63) is 85.1 Å². The van der Waals surface area contributed by atoms with Gasteiger partial charge in [-0.05, 0) is 83.5 Å². The van der Waals surface area contributed by atoms with Crippen molar-refractivity contribution in [2.45, 2.75) is 123 Å². The van der Waals surface area contributed by atoms with Crippen LogP contribution in [0.4, 0.5) is 0 Å². The number of hydrogen-bond acceptors (Lipinski definition) is 4. The van der Waals surface area contributed by atoms with Crippen molar-refractivity contribution in [3.8, 4) is 0 Å². The predicted octanol–water partition coefficient (Wildman–Crippen LogP) is 10.1. The third-order valence-corrected chi connectivity index (χ3v) is 6.22. The van der Waals surface area contributed by atoms with Crippen LogP contribution in [0.25, 0.3) is 0 Å². The van der Waals surface area contributed by atoms with Gasteiger partial charge in [-0.3, -0.25) is 4.79 Å². The van der Waals surface area contributed by atoms with Crippen molar-refractivity contribution in [2.24, 2.45) is 0 Å². The molecule has 1 N–H and O–H groups in total. The molecule has 232 valence electrons. The minimum Gasteiger partial charge on any atom is -0.457 e. The second-order valence-electron chi connectivity index (χ2n) is 10.1. The molecule has 0 aromatic rings. The SMILES string of the molecule is CC/C=C\C/C=C\C/C=C\C/C=C\CCCCCOCC(CO)OC(=O)CCCCC/C=C\C/C=C\C/C=C\CC. The third kappa shape index (κ3) is 32.0. The zero-order valence-corrected chi connectivity index (χ0v) is 26.3. The molecule has 0 aliphatic heterocycles. The molecule has 4 nitrogen and oxygen atoms in total. The lowest BCUT2D eigenvalue weighted by molar-refractivity contribution is -0.154. The van der Waals surface area contributed by atoms with E-state index in [0.29, 0.717) is 13.0 Å². The molecule has 4 heteroatoms. The van der Waals surface area contributed by atoms with Gasteiger partial charge in [-0.2, -0.15) is 0 Å². The molecular weight excluding hydrogens is 508 g/mol. The number of ether oxygens (including phenoxy) is 2. The number of rotatable bonds is 28. The van der Waals surface area contributed by atoms with E-state index in [9.17, 15) is 9.90 Å². The van der Waals surface area contributed by atoms with Gasteiger partial charge in [-0.1, -0.05) is 112 Å². The molecule has 0 spiro atoms. The number of hydrogen-bond donors (Lipinski definition) is 1. The van der Waals surface area contributed by atoms with Crippen LogP contribution in [0.1, 0.15) is 117 Å². The number of aliphatic hydroxyl groups is 1. The molecule has 0 bridgehead atoms. The van der Waals surface area contributed by atoms with Gasteiger partial charge in [0.2, 0.25) is 0 Å². The van der Waals surface area contributed by atoms with E-state index in [-0.39, 0.29) is 19.2 Å². The Morgan fingerprint density at radius 1 is 0.585 bits per heavy atom. The molecule has 0 amide bonds. The summed E-state index contributed by atoms with van der Waals surface area (Å²) in [5.74, 6) is -0.247. The summed E-state index contributed by atoms with van der Waals surface area (Å²) >= 11 is 0. The van der Waals surface area contributed by atoms with Gasteiger partial charge in [-0.25, -0.2) is 0 Å². The molecule has 0 saturated heterocycles. The molecule has 0 rings (SSSR count). The Morgan fingerprint density at radius 2 is 1.02 bits per heavy atom. The van der Waals surface area contributed by atoms with Crippen molar-refractivity contribution >= 4 is 5.97 Å². The highest BCUT2D eigenvalue weighted by Gasteiger charge is 2.13. The summed E-state index contributed by atoms with van der Waals surface area (Å²) in [7, 11) is 0. The molecule has 1 atom stereocenters. The van der Waals surface area contributed by atoms with Crippen molar-refractivity contribution in [1.82, 2.24) is 0 Å². The van der Waals surface area contributed by atoms with Gasteiger partial charge in [-0.15, -0.1) is 0 Å². The number of unbranched alkanes of at least 4 members (excludes halogenated alkanes) is 6. The second kappa shape index (κ2) is 33.8. The van der Waals surface area contributed by atoms with Crippen molar-refractivity contribution in [3.63, 3.8) is 0 Å². The van der Waals surface area contributed by atoms with Crippen LogP contribution >= 0.6 is 0 Å². The lowest BCUT2D eigenvalue weighted by atomic mass is 10.1. The summed E-state index contributed by atoms with van der Waals surface area (Å²) in [6.07, 6.45) is 46.2. The summed E-state index contributed by atoms with van der Waals surface area (Å²) in [6, 6.07) is 0. The molecule has 0 saturated carbocycles. The van der Waals surface area contributed by atoms with Crippen LogP contribution < -0.4 is 0 Å². The van der Waals surface area contributed by atoms with Crippen LogP contribution in [0, 0.1) is 0 Å². The Hall–Kier alpha value is -2.43. The van der Waals surface area contributed by atoms with E-state index in [2.05, 4.69) is 98.9 Å². The highest BCUT2D eigenvalue weighted by molar-refractivity contribution is 5.69. The van der Waals surface area contributed by atoms with Gasteiger partial charge in [0.05, 0.1) is 13.2 Å². The van der Waals surface area contributed by atoms with Crippen LogP contribution in [-0.4, -0.2) is 37.0 Å². The monoisotopic (exact) mass is 568 g/mol. The molecule has 1 unspecified atom stereocenters. The van der Waals surface area contributed by atoms with Gasteiger partial charge in [0.25, 0.3) is 0 Å². The first-order chi connectivity index (χ1) is 20.2. The van der Waals surface area contributed by atoms with E-state index < -0.39 is 6.10 Å². The second-order valence-corrected chi connectivity index (χ2v) is 10.1. The predicted molar refractivity (Wildman–Crippen MR) is 177 cm³/mol. The molecule has 0 fully saturated rings. The maximum absolute atomic E-state index is 12.1. The average molecular weight is 569 g/mol. The molecule has 41 heavy (non-hydrogen) atoms. The topological polar surface area (TPSA) is 55.8 Å². The summed E-state index contributed by atoms with van der Waals surface area (Å²) < 4.78 is 11.0. The highest BCUT2D eigenvalue weighted by Crippen LogP contribution is 2.08. The largest absolute Gasteiger partial charge is 0.457 e. The average Bonchev–Trinajstić information content (AvgIpc) is 2.98. The Balaban J connectivity index is 3.62. The van der Waals surface area contributed by atoms with E-state index >= 15 is 0 Å². The Kier molecular flexibility index (Phi) is 31.8. The summed E-state index contributed by atoms with van der Waals surface area (Å²) in [6.45, 7) is 4.98. The van der Waals surface area contributed by atoms with Gasteiger partial charge < -0.3 is 14.6 Å². The highest BCUT2D eigenvalue weighted by atomic mass is 16.6. The van der Waals surface area contributed by atoms with E-state index in [1.165, 1.54) is 0 Å². The van der Waals surface area contributed by atoms with E-state index in [0.717, 1.165) is 96.3 Å². The van der Waals surface area contributed by atoms with Crippen LogP contribution in [0.5, 0.6) is 0 Å². The van der Waals surface area contributed by atoms with Gasteiger partial charge in [0.1, 0.15) is 6.10 Å². The fraction of sp³-hybridized carbons (Fsp3) is 0.595. The Bertz CT molecular complexity index is 770. The van der Waals surface area contributed by atoms with Gasteiger partial charge >= 0.3 is 5.97 Å². The lowest BCUT2D eigenvalue weighted by Gasteiger charge is -2.15. The van der Waals surface area contributed by atoms with Crippen LogP contribution in [0.2, 0.25) is 0 Å². The van der Waals surface area contributed by atoms with Gasteiger partial charge in [0, 0.05) is 13.0 Å². The fourth-order valence-corrected chi connectivity index (χ4v) is 3.86. The van der Waals surface area contributed by atoms with Gasteiger partial charge in [0.15, 0.2) is 0 Å². The first-order valence-electron chi connectivity index (χ1n) is 16.2. The smallest absolute Gasteiger partial charge is 0.306 e. The molecular formula is C37H60O4. The zero-order valence-electron chi connectivity index (χ0n) is 26.3. The molecule has 0 radical (unpaired) electrons. The number of carbonyl (C=O) groups excluding carboxylic acids is 1.